The van der Waals surface area contributed by atoms with E-state index in [2.05, 4.69) is 18.2 Å². The van der Waals surface area contributed by atoms with Crippen LogP contribution in [-0.2, 0) is 21.4 Å². The summed E-state index contributed by atoms with van der Waals surface area (Å²) in [7, 11) is 0. The molecule has 1 unspecified atom stereocenters. The lowest BCUT2D eigenvalue weighted by Crippen LogP contribution is -2.51. The predicted molar refractivity (Wildman–Crippen MR) is 101 cm³/mol. The summed E-state index contributed by atoms with van der Waals surface area (Å²) in [5, 5.41) is 9.99. The van der Waals surface area contributed by atoms with Gasteiger partial charge in [-0.2, -0.15) is 5.26 Å². The molecule has 0 aliphatic heterocycles. The van der Waals surface area contributed by atoms with Crippen LogP contribution in [0.4, 0.5) is 0 Å². The van der Waals surface area contributed by atoms with Gasteiger partial charge in [-0.25, -0.2) is 0 Å². The molecule has 0 aromatic heterocycles. The quantitative estimate of drug-likeness (QED) is 0.766. The Kier molecular flexibility index (Phi) is 3.28. The summed E-state index contributed by atoms with van der Waals surface area (Å²) in [6, 6.07) is 20.5. The van der Waals surface area contributed by atoms with Crippen LogP contribution in [-0.4, -0.2) is 11.6 Å². The molecule has 5 rings (SSSR count). The molecule has 0 heterocycles. The molecule has 2 fully saturated rings. The highest BCUT2D eigenvalue weighted by Crippen LogP contribution is 2.73. The smallest absolute Gasteiger partial charge is 0.165 e. The summed E-state index contributed by atoms with van der Waals surface area (Å²) in [5.41, 5.74) is 1.82. The van der Waals surface area contributed by atoms with Gasteiger partial charge in [-0.15, -0.1) is 0 Å². The monoisotopic (exact) mass is 355 g/mol. The van der Waals surface area contributed by atoms with Crippen molar-refractivity contribution in [3.8, 4) is 6.07 Å². The number of Topliss-reactive ketones (excluding diaryl/α,β-unsaturated/α-hetero) is 2. The van der Waals surface area contributed by atoms with Crippen molar-refractivity contribution in [3.05, 3.63) is 71.3 Å². The highest BCUT2D eigenvalue weighted by atomic mass is 16.2. The van der Waals surface area contributed by atoms with Crippen molar-refractivity contribution in [2.75, 3.05) is 0 Å². The molecule has 134 valence electrons. The largest absolute Gasteiger partial charge is 0.299 e. The third-order valence-corrected chi connectivity index (χ3v) is 7.54. The molecular weight excluding hydrogens is 334 g/mol. The zero-order valence-corrected chi connectivity index (χ0v) is 15.3. The third kappa shape index (κ3) is 1.76. The maximum absolute atomic E-state index is 13.6. The van der Waals surface area contributed by atoms with E-state index in [0.29, 0.717) is 6.42 Å². The lowest BCUT2D eigenvalue weighted by Gasteiger charge is -2.47. The molecule has 3 aliphatic carbocycles. The zero-order chi connectivity index (χ0) is 18.8. The number of aryl methyl sites for hydroxylation is 1. The van der Waals surface area contributed by atoms with Crippen LogP contribution in [0.2, 0.25) is 0 Å². The molecule has 0 amide bonds. The minimum Gasteiger partial charge on any atom is -0.299 e. The second kappa shape index (κ2) is 5.39. The Hall–Kier alpha value is -2.73. The normalized spacial score (nSPS) is 36.0. The van der Waals surface area contributed by atoms with Crippen LogP contribution < -0.4 is 0 Å². The average Bonchev–Trinajstić information content (AvgIpc) is 3.15. The fourth-order valence-electron chi connectivity index (χ4n) is 6.64. The number of benzene rings is 2. The maximum Gasteiger partial charge on any atom is 0.165 e. The van der Waals surface area contributed by atoms with Crippen LogP contribution in [0, 0.1) is 28.6 Å². The molecule has 27 heavy (non-hydrogen) atoms. The van der Waals surface area contributed by atoms with Crippen molar-refractivity contribution in [1.29, 1.82) is 5.26 Å². The molecule has 3 nitrogen and oxygen atoms in total. The average molecular weight is 355 g/mol. The number of nitrogens with zero attached hydrogens (tertiary/aromatic N) is 1. The summed E-state index contributed by atoms with van der Waals surface area (Å²) >= 11 is 0. The molecule has 3 aliphatic rings. The molecule has 2 saturated carbocycles. The van der Waals surface area contributed by atoms with Crippen molar-refractivity contribution in [2.24, 2.45) is 17.3 Å². The van der Waals surface area contributed by atoms with E-state index in [1.807, 2.05) is 42.5 Å². The number of hydrogen-bond donors (Lipinski definition) is 0. The van der Waals surface area contributed by atoms with Gasteiger partial charge in [-0.1, -0.05) is 54.6 Å². The van der Waals surface area contributed by atoms with E-state index < -0.39 is 16.7 Å². The van der Waals surface area contributed by atoms with Crippen LogP contribution >= 0.6 is 0 Å². The Bertz CT molecular complexity index is 1000. The van der Waals surface area contributed by atoms with Gasteiger partial charge in [-0.05, 0) is 48.8 Å². The number of ketones is 2. The summed E-state index contributed by atoms with van der Waals surface area (Å²) in [5.74, 6) is -0.958. The Balaban J connectivity index is 1.83. The number of nitriles is 1. The summed E-state index contributed by atoms with van der Waals surface area (Å²) in [6.45, 7) is 1.55. The zero-order valence-electron chi connectivity index (χ0n) is 15.3. The van der Waals surface area contributed by atoms with Crippen molar-refractivity contribution in [1.82, 2.24) is 0 Å². The van der Waals surface area contributed by atoms with Gasteiger partial charge >= 0.3 is 0 Å². The van der Waals surface area contributed by atoms with E-state index in [4.69, 9.17) is 0 Å². The van der Waals surface area contributed by atoms with Crippen LogP contribution in [0.3, 0.4) is 0 Å². The molecule has 3 heteroatoms. The van der Waals surface area contributed by atoms with Crippen molar-refractivity contribution in [2.45, 2.75) is 37.5 Å². The first-order chi connectivity index (χ1) is 13.1. The SMILES string of the molecule is CC(=O)[C@@]12C[C@]3(c4ccccc4CC[C@H]3[C@@H]1c1ccccc1)C(C#N)C2=O. The van der Waals surface area contributed by atoms with Gasteiger partial charge in [0.1, 0.15) is 11.7 Å². The van der Waals surface area contributed by atoms with E-state index in [1.165, 1.54) is 5.56 Å². The van der Waals surface area contributed by atoms with E-state index in [-0.39, 0.29) is 23.4 Å². The summed E-state index contributed by atoms with van der Waals surface area (Å²) < 4.78 is 0. The fourth-order valence-corrected chi connectivity index (χ4v) is 6.64. The minimum atomic E-state index is -1.07. The van der Waals surface area contributed by atoms with E-state index in [1.54, 1.807) is 6.92 Å². The number of carbonyl (C=O) groups is 2. The maximum atomic E-state index is 13.6. The highest BCUT2D eigenvalue weighted by Gasteiger charge is 2.77. The predicted octanol–water partition coefficient (Wildman–Crippen LogP) is 3.97. The number of rotatable bonds is 2. The van der Waals surface area contributed by atoms with Crippen molar-refractivity contribution >= 4 is 11.6 Å². The van der Waals surface area contributed by atoms with Gasteiger partial charge in [-0.3, -0.25) is 9.59 Å². The van der Waals surface area contributed by atoms with E-state index >= 15 is 0 Å². The first-order valence-electron chi connectivity index (χ1n) is 9.65. The molecule has 1 spiro atoms. The van der Waals surface area contributed by atoms with Gasteiger partial charge in [0.2, 0.25) is 0 Å². The van der Waals surface area contributed by atoms with Gasteiger partial charge in [0.05, 0.1) is 11.5 Å². The summed E-state index contributed by atoms with van der Waals surface area (Å²) in [4.78, 5) is 26.6. The second-order valence-corrected chi connectivity index (χ2v) is 8.36. The Morgan fingerprint density at radius 1 is 1.11 bits per heavy atom. The third-order valence-electron chi connectivity index (χ3n) is 7.54. The minimum absolute atomic E-state index is 0.0784. The Labute approximate surface area is 159 Å². The van der Waals surface area contributed by atoms with Gasteiger partial charge in [0.25, 0.3) is 0 Å². The van der Waals surface area contributed by atoms with E-state index in [0.717, 1.165) is 24.0 Å². The fraction of sp³-hybridized carbons (Fsp3) is 0.375. The molecule has 2 aromatic rings. The lowest BCUT2D eigenvalue weighted by atomic mass is 9.53. The van der Waals surface area contributed by atoms with Gasteiger partial charge in [0, 0.05) is 11.3 Å². The number of hydrogen-bond acceptors (Lipinski definition) is 3. The van der Waals surface area contributed by atoms with Crippen LogP contribution in [0.1, 0.15) is 42.4 Å². The molecule has 5 atom stereocenters. The summed E-state index contributed by atoms with van der Waals surface area (Å²) in [6.07, 6.45) is 2.33. The topological polar surface area (TPSA) is 57.9 Å². The Morgan fingerprint density at radius 3 is 2.52 bits per heavy atom. The lowest BCUT2D eigenvalue weighted by molar-refractivity contribution is -0.141. The van der Waals surface area contributed by atoms with Crippen LogP contribution in [0.5, 0.6) is 0 Å². The molecule has 0 saturated heterocycles. The molecule has 0 radical (unpaired) electrons. The second-order valence-electron chi connectivity index (χ2n) is 8.36. The Morgan fingerprint density at radius 2 is 1.81 bits per heavy atom. The molecule has 0 N–H and O–H groups in total. The van der Waals surface area contributed by atoms with Crippen molar-refractivity contribution in [3.63, 3.8) is 0 Å². The molecule has 2 bridgehead atoms. The highest BCUT2D eigenvalue weighted by molar-refractivity contribution is 6.13. The number of fused-ring (bicyclic) bond motifs is 2. The van der Waals surface area contributed by atoms with Crippen LogP contribution in [0.15, 0.2) is 54.6 Å². The standard InChI is InChI=1S/C24H21NO2/c1-15(26)23-14-24(20(13-25)22(23)27)18-10-6-5-7-16(18)11-12-19(24)21(23)17-8-3-2-4-9-17/h2-10,19-21H,11-12,14H2,1H3/t19-,20?,21-,23-,24+/m0/s1. The first kappa shape index (κ1) is 16.4. The first-order valence-corrected chi connectivity index (χ1v) is 9.65. The van der Waals surface area contributed by atoms with E-state index in [9.17, 15) is 14.9 Å². The van der Waals surface area contributed by atoms with Crippen LogP contribution in [0.25, 0.3) is 0 Å². The molecular formula is C24H21NO2. The van der Waals surface area contributed by atoms with Gasteiger partial charge in [0.15, 0.2) is 5.78 Å². The number of carbonyl (C=O) groups excluding carboxylic acids is 2. The van der Waals surface area contributed by atoms with Crippen molar-refractivity contribution < 1.29 is 9.59 Å². The van der Waals surface area contributed by atoms with Gasteiger partial charge < -0.3 is 0 Å². The molecule has 2 aromatic carbocycles.